The van der Waals surface area contributed by atoms with Crippen LogP contribution < -0.4 is 10.2 Å². The molecule has 0 atom stereocenters. The van der Waals surface area contributed by atoms with E-state index in [1.54, 1.807) is 0 Å². The lowest BCUT2D eigenvalue weighted by Gasteiger charge is -2.31. The molecule has 2 aromatic carbocycles. The number of benzene rings is 2. The quantitative estimate of drug-likeness (QED) is 0.429. The molecule has 0 spiro atoms. The minimum atomic E-state index is -0.338. The van der Waals surface area contributed by atoms with Gasteiger partial charge in [0.25, 0.3) is 0 Å². The molecule has 0 bridgehead atoms. The Morgan fingerprint density at radius 3 is 2.72 bits per heavy atom. The number of hydrogen-bond donors (Lipinski definition) is 1. The number of fused-ring (bicyclic) bond motifs is 1. The fourth-order valence-electron chi connectivity index (χ4n) is 3.50. The van der Waals surface area contributed by atoms with Gasteiger partial charge in [0.15, 0.2) is 5.11 Å². The number of thiophene rings is 1. The molecule has 4 nitrogen and oxygen atoms in total. The first-order chi connectivity index (χ1) is 14.2. The molecule has 1 aliphatic heterocycles. The van der Waals surface area contributed by atoms with Crippen molar-refractivity contribution in [3.8, 4) is 10.4 Å². The van der Waals surface area contributed by atoms with Crippen molar-refractivity contribution in [2.75, 3.05) is 23.4 Å². The number of nitrogens with zero attached hydrogens (tertiary/aromatic N) is 1. The van der Waals surface area contributed by atoms with Gasteiger partial charge in [-0.2, -0.15) is 0 Å². The van der Waals surface area contributed by atoms with Crippen LogP contribution in [0.4, 0.5) is 10.7 Å². The largest absolute Gasteiger partial charge is 0.462 e. The molecular weight excluding hydrogens is 400 g/mol. The molecule has 3 aromatic rings. The molecule has 0 amide bonds. The minimum absolute atomic E-state index is 0.332. The van der Waals surface area contributed by atoms with Crippen LogP contribution in [0.3, 0.4) is 0 Å². The molecule has 0 saturated carbocycles. The van der Waals surface area contributed by atoms with E-state index < -0.39 is 0 Å². The van der Waals surface area contributed by atoms with Crippen molar-refractivity contribution in [2.45, 2.75) is 19.8 Å². The van der Waals surface area contributed by atoms with Crippen molar-refractivity contribution in [3.05, 3.63) is 71.8 Å². The summed E-state index contributed by atoms with van der Waals surface area (Å²) in [7, 11) is 0. The topological polar surface area (TPSA) is 41.6 Å². The van der Waals surface area contributed by atoms with Crippen LogP contribution in [0.15, 0.2) is 60.7 Å². The van der Waals surface area contributed by atoms with E-state index in [4.69, 9.17) is 17.0 Å². The number of carbonyl (C=O) groups excluding carboxylic acids is 1. The smallest absolute Gasteiger partial charge is 0.341 e. The van der Waals surface area contributed by atoms with Crippen molar-refractivity contribution in [2.24, 2.45) is 0 Å². The zero-order chi connectivity index (χ0) is 20.2. The second-order valence-corrected chi connectivity index (χ2v) is 8.19. The van der Waals surface area contributed by atoms with Gasteiger partial charge in [0.2, 0.25) is 0 Å². The van der Waals surface area contributed by atoms with E-state index in [-0.39, 0.29) is 5.97 Å². The fourth-order valence-corrected chi connectivity index (χ4v) is 4.91. The summed E-state index contributed by atoms with van der Waals surface area (Å²) in [4.78, 5) is 15.7. The van der Waals surface area contributed by atoms with E-state index in [1.165, 1.54) is 16.9 Å². The molecule has 29 heavy (non-hydrogen) atoms. The molecule has 0 fully saturated rings. The van der Waals surface area contributed by atoms with Gasteiger partial charge in [-0.25, -0.2) is 4.79 Å². The average molecular weight is 423 g/mol. The zero-order valence-electron chi connectivity index (χ0n) is 16.2. The van der Waals surface area contributed by atoms with E-state index in [0.717, 1.165) is 40.5 Å². The van der Waals surface area contributed by atoms with Crippen LogP contribution in [0.2, 0.25) is 0 Å². The SMILES string of the molecule is CCOC(=O)c1cc(-c2ccccc2)sc1NC(=S)N1CCCc2ccccc21. The molecule has 0 radical (unpaired) electrons. The third kappa shape index (κ3) is 4.18. The monoisotopic (exact) mass is 422 g/mol. The second-order valence-electron chi connectivity index (χ2n) is 6.75. The van der Waals surface area contributed by atoms with Crippen molar-refractivity contribution in [3.63, 3.8) is 0 Å². The molecule has 1 N–H and O–H groups in total. The summed E-state index contributed by atoms with van der Waals surface area (Å²) in [6.45, 7) is 3.00. The van der Waals surface area contributed by atoms with Gasteiger partial charge in [-0.05, 0) is 55.2 Å². The number of rotatable bonds is 4. The highest BCUT2D eigenvalue weighted by Crippen LogP contribution is 2.37. The minimum Gasteiger partial charge on any atom is -0.462 e. The molecule has 1 aromatic heterocycles. The standard InChI is InChI=1S/C23H22N2O2S2/c1-2-27-22(26)18-15-20(17-10-4-3-5-11-17)29-21(18)24-23(28)25-14-8-12-16-9-6-7-13-19(16)25/h3-7,9-11,13,15H,2,8,12,14H2,1H3,(H,24,28). The Hall–Kier alpha value is -2.70. The molecule has 1 aliphatic rings. The predicted molar refractivity (Wildman–Crippen MR) is 124 cm³/mol. The van der Waals surface area contributed by atoms with Gasteiger partial charge in [-0.3, -0.25) is 0 Å². The van der Waals surface area contributed by atoms with Gasteiger partial charge < -0.3 is 15.0 Å². The van der Waals surface area contributed by atoms with Gasteiger partial charge in [0.1, 0.15) is 5.00 Å². The van der Waals surface area contributed by atoms with Crippen LogP contribution in [0.25, 0.3) is 10.4 Å². The van der Waals surface area contributed by atoms with Crippen LogP contribution in [0.5, 0.6) is 0 Å². The van der Waals surface area contributed by atoms with E-state index in [0.29, 0.717) is 17.3 Å². The highest BCUT2D eigenvalue weighted by Gasteiger charge is 2.23. The Bertz CT molecular complexity index is 1030. The number of ether oxygens (including phenoxy) is 1. The van der Waals surface area contributed by atoms with Crippen molar-refractivity contribution in [1.82, 2.24) is 0 Å². The number of carbonyl (C=O) groups is 1. The van der Waals surface area contributed by atoms with Crippen LogP contribution in [0, 0.1) is 0 Å². The highest BCUT2D eigenvalue weighted by atomic mass is 32.1. The van der Waals surface area contributed by atoms with Crippen LogP contribution in [-0.4, -0.2) is 24.2 Å². The third-order valence-corrected chi connectivity index (χ3v) is 6.28. The number of aryl methyl sites for hydroxylation is 1. The lowest BCUT2D eigenvalue weighted by Crippen LogP contribution is -2.38. The first-order valence-electron chi connectivity index (χ1n) is 9.70. The Balaban J connectivity index is 1.65. The summed E-state index contributed by atoms with van der Waals surface area (Å²) in [5, 5.41) is 4.64. The number of esters is 1. The molecule has 0 aliphatic carbocycles. The molecule has 148 valence electrons. The van der Waals surface area contributed by atoms with E-state index >= 15 is 0 Å². The van der Waals surface area contributed by atoms with Gasteiger partial charge in [-0.15, -0.1) is 11.3 Å². The first-order valence-corrected chi connectivity index (χ1v) is 10.9. The third-order valence-electron chi connectivity index (χ3n) is 4.86. The summed E-state index contributed by atoms with van der Waals surface area (Å²) >= 11 is 7.25. The summed E-state index contributed by atoms with van der Waals surface area (Å²) in [5.74, 6) is -0.338. The number of anilines is 2. The summed E-state index contributed by atoms with van der Waals surface area (Å²) in [6, 6.07) is 20.2. The zero-order valence-corrected chi connectivity index (χ0v) is 17.8. The van der Waals surface area contributed by atoms with Gasteiger partial charge in [0.05, 0.1) is 12.2 Å². The van der Waals surface area contributed by atoms with Crippen molar-refractivity contribution < 1.29 is 9.53 Å². The summed E-state index contributed by atoms with van der Waals surface area (Å²) in [6.07, 6.45) is 2.10. The van der Waals surface area contributed by atoms with E-state index in [1.807, 2.05) is 49.4 Å². The molecule has 2 heterocycles. The molecular formula is C23H22N2O2S2. The lowest BCUT2D eigenvalue weighted by molar-refractivity contribution is 0.0528. The van der Waals surface area contributed by atoms with E-state index in [2.05, 4.69) is 28.4 Å². The van der Waals surface area contributed by atoms with Crippen molar-refractivity contribution in [1.29, 1.82) is 0 Å². The number of thiocarbonyl (C=S) groups is 1. The number of hydrogen-bond acceptors (Lipinski definition) is 4. The van der Waals surface area contributed by atoms with Gasteiger partial charge in [0, 0.05) is 17.1 Å². The van der Waals surface area contributed by atoms with Crippen LogP contribution in [0.1, 0.15) is 29.3 Å². The molecule has 4 rings (SSSR count). The fraction of sp³-hybridized carbons (Fsp3) is 0.217. The maximum Gasteiger partial charge on any atom is 0.341 e. The highest BCUT2D eigenvalue weighted by molar-refractivity contribution is 7.80. The summed E-state index contributed by atoms with van der Waals surface area (Å²) < 4.78 is 5.27. The van der Waals surface area contributed by atoms with Crippen molar-refractivity contribution >= 4 is 45.3 Å². The predicted octanol–water partition coefficient (Wildman–Crippen LogP) is 5.74. The number of nitrogens with one attached hydrogen (secondary N) is 1. The van der Waals surface area contributed by atoms with Gasteiger partial charge in [-0.1, -0.05) is 48.5 Å². The molecule has 6 heteroatoms. The first kappa shape index (κ1) is 19.6. The normalized spacial score (nSPS) is 12.9. The Kier molecular flexibility index (Phi) is 5.92. The van der Waals surface area contributed by atoms with Crippen LogP contribution >= 0.6 is 23.6 Å². The summed E-state index contributed by atoms with van der Waals surface area (Å²) in [5.41, 5.74) is 4.01. The average Bonchev–Trinajstić information content (AvgIpc) is 3.18. The second kappa shape index (κ2) is 8.76. The Labute approximate surface area is 180 Å². The Morgan fingerprint density at radius 1 is 1.17 bits per heavy atom. The number of para-hydroxylation sites is 1. The van der Waals surface area contributed by atoms with Gasteiger partial charge >= 0.3 is 5.97 Å². The Morgan fingerprint density at radius 2 is 1.93 bits per heavy atom. The molecule has 0 saturated heterocycles. The van der Waals surface area contributed by atoms with Crippen LogP contribution in [-0.2, 0) is 11.2 Å². The van der Waals surface area contributed by atoms with E-state index in [9.17, 15) is 4.79 Å². The molecule has 0 unspecified atom stereocenters. The maximum absolute atomic E-state index is 12.6. The maximum atomic E-state index is 12.6. The lowest BCUT2D eigenvalue weighted by atomic mass is 10.0.